The highest BCUT2D eigenvalue weighted by Crippen LogP contribution is 2.13. The molecule has 1 atom stereocenters. The zero-order chi connectivity index (χ0) is 14.5. The van der Waals surface area contributed by atoms with Gasteiger partial charge >= 0.3 is 11.9 Å². The first-order valence-electron chi connectivity index (χ1n) is 7.55. The van der Waals surface area contributed by atoms with E-state index in [0.717, 1.165) is 19.3 Å². The molecular weight excluding hydrogens is 244 g/mol. The molecule has 0 saturated carbocycles. The quantitative estimate of drug-likeness (QED) is 0.352. The molecule has 4 nitrogen and oxygen atoms in total. The summed E-state index contributed by atoms with van der Waals surface area (Å²) in [5, 5.41) is 8.46. The number of hydrogen-bond donors (Lipinski definition) is 1. The first kappa shape index (κ1) is 17.9. The van der Waals surface area contributed by atoms with E-state index in [-0.39, 0.29) is 6.10 Å². The van der Waals surface area contributed by atoms with Crippen molar-refractivity contribution in [1.82, 2.24) is 0 Å². The van der Waals surface area contributed by atoms with Crippen molar-refractivity contribution in [3.8, 4) is 0 Å². The van der Waals surface area contributed by atoms with Gasteiger partial charge in [-0.05, 0) is 19.3 Å². The van der Waals surface area contributed by atoms with E-state index < -0.39 is 11.9 Å². The molecule has 0 radical (unpaired) electrons. The molecule has 4 heteroatoms. The van der Waals surface area contributed by atoms with Gasteiger partial charge in [0.1, 0.15) is 6.10 Å². The Balaban J connectivity index is 3.51. The molecule has 112 valence electrons. The average molecular weight is 272 g/mol. The minimum absolute atomic E-state index is 0.247. The number of unbranched alkanes of at least 4 members (excludes halogenated alkanes) is 7. The zero-order valence-corrected chi connectivity index (χ0v) is 12.3. The van der Waals surface area contributed by atoms with Crippen molar-refractivity contribution in [2.24, 2.45) is 0 Å². The Morgan fingerprint density at radius 3 is 1.95 bits per heavy atom. The van der Waals surface area contributed by atoms with Gasteiger partial charge in [0.2, 0.25) is 0 Å². The molecule has 0 aliphatic carbocycles. The first-order chi connectivity index (χ1) is 9.11. The lowest BCUT2D eigenvalue weighted by atomic mass is 10.0. The number of ether oxygens (including phenoxy) is 1. The van der Waals surface area contributed by atoms with Crippen LogP contribution in [0.1, 0.15) is 78.1 Å². The van der Waals surface area contributed by atoms with Crippen LogP contribution < -0.4 is 0 Å². The number of hydrogen-bond acceptors (Lipinski definition) is 3. The third-order valence-electron chi connectivity index (χ3n) is 3.28. The van der Waals surface area contributed by atoms with Crippen LogP contribution >= 0.6 is 0 Å². The lowest BCUT2D eigenvalue weighted by Gasteiger charge is -2.14. The Bertz CT molecular complexity index is 251. The number of carbonyl (C=O) groups excluding carboxylic acids is 1. The van der Waals surface area contributed by atoms with Gasteiger partial charge in [-0.1, -0.05) is 58.8 Å². The fraction of sp³-hybridized carbons (Fsp3) is 0.867. The van der Waals surface area contributed by atoms with Gasteiger partial charge in [-0.3, -0.25) is 0 Å². The van der Waals surface area contributed by atoms with E-state index in [1.807, 2.05) is 6.92 Å². The van der Waals surface area contributed by atoms with Crippen LogP contribution in [0.3, 0.4) is 0 Å². The molecule has 0 aliphatic heterocycles. The number of esters is 1. The van der Waals surface area contributed by atoms with Crippen LogP contribution in [0.2, 0.25) is 0 Å². The van der Waals surface area contributed by atoms with Gasteiger partial charge in [0.25, 0.3) is 0 Å². The summed E-state index contributed by atoms with van der Waals surface area (Å²) in [5.74, 6) is -2.64. The standard InChI is InChI=1S/C15H28O4/c1-3-5-6-7-8-9-10-11-12-13(4-2)19-15(18)14(16)17/h13H,3-12H2,1-2H3,(H,16,17). The molecule has 1 N–H and O–H groups in total. The summed E-state index contributed by atoms with van der Waals surface area (Å²) >= 11 is 0. The van der Waals surface area contributed by atoms with Crippen molar-refractivity contribution in [2.75, 3.05) is 0 Å². The molecule has 0 aliphatic rings. The van der Waals surface area contributed by atoms with Crippen LogP contribution in [0.25, 0.3) is 0 Å². The maximum absolute atomic E-state index is 10.9. The summed E-state index contributed by atoms with van der Waals surface area (Å²) in [5.41, 5.74) is 0. The van der Waals surface area contributed by atoms with E-state index in [1.54, 1.807) is 0 Å². The maximum atomic E-state index is 10.9. The molecule has 0 heterocycles. The summed E-state index contributed by atoms with van der Waals surface area (Å²) < 4.78 is 4.88. The Labute approximate surface area is 116 Å². The molecule has 0 saturated heterocycles. The van der Waals surface area contributed by atoms with Gasteiger partial charge in [0, 0.05) is 0 Å². The van der Waals surface area contributed by atoms with Crippen molar-refractivity contribution in [3.05, 3.63) is 0 Å². The van der Waals surface area contributed by atoms with E-state index >= 15 is 0 Å². The predicted octanol–water partition coefficient (Wildman–Crippen LogP) is 3.92. The van der Waals surface area contributed by atoms with E-state index in [0.29, 0.717) is 6.42 Å². The summed E-state index contributed by atoms with van der Waals surface area (Å²) in [7, 11) is 0. The number of aliphatic carboxylic acids is 1. The lowest BCUT2D eigenvalue weighted by Crippen LogP contribution is -2.23. The maximum Gasteiger partial charge on any atom is 0.417 e. The molecule has 0 aromatic heterocycles. The van der Waals surface area contributed by atoms with Crippen molar-refractivity contribution < 1.29 is 19.4 Å². The van der Waals surface area contributed by atoms with Crippen LogP contribution in [-0.4, -0.2) is 23.1 Å². The largest absolute Gasteiger partial charge is 0.473 e. The van der Waals surface area contributed by atoms with E-state index in [2.05, 4.69) is 6.92 Å². The van der Waals surface area contributed by atoms with Gasteiger partial charge < -0.3 is 9.84 Å². The lowest BCUT2D eigenvalue weighted by molar-refractivity contribution is -0.167. The van der Waals surface area contributed by atoms with Crippen LogP contribution in [-0.2, 0) is 14.3 Å². The summed E-state index contributed by atoms with van der Waals surface area (Å²) in [6.07, 6.45) is 11.0. The van der Waals surface area contributed by atoms with Gasteiger partial charge in [0.05, 0.1) is 0 Å². The smallest absolute Gasteiger partial charge is 0.417 e. The molecule has 0 aromatic rings. The third kappa shape index (κ3) is 10.5. The highest BCUT2D eigenvalue weighted by molar-refractivity contribution is 6.28. The van der Waals surface area contributed by atoms with E-state index in [4.69, 9.17) is 9.84 Å². The normalized spacial score (nSPS) is 12.1. The van der Waals surface area contributed by atoms with Crippen LogP contribution in [0, 0.1) is 0 Å². The second-order valence-corrected chi connectivity index (χ2v) is 5.00. The van der Waals surface area contributed by atoms with Gasteiger partial charge in [-0.15, -0.1) is 0 Å². The molecule has 19 heavy (non-hydrogen) atoms. The van der Waals surface area contributed by atoms with E-state index in [1.165, 1.54) is 38.5 Å². The number of rotatable bonds is 11. The molecule has 0 spiro atoms. The number of carboxylic acids is 1. The Hall–Kier alpha value is -1.06. The summed E-state index contributed by atoms with van der Waals surface area (Å²) in [6, 6.07) is 0. The van der Waals surface area contributed by atoms with Gasteiger partial charge in [0.15, 0.2) is 0 Å². The Morgan fingerprint density at radius 1 is 0.947 bits per heavy atom. The topological polar surface area (TPSA) is 63.6 Å². The molecule has 0 bridgehead atoms. The number of carbonyl (C=O) groups is 2. The van der Waals surface area contributed by atoms with Crippen molar-refractivity contribution >= 4 is 11.9 Å². The highest BCUT2D eigenvalue weighted by atomic mass is 16.6. The van der Waals surface area contributed by atoms with Crippen LogP contribution in [0.5, 0.6) is 0 Å². The Kier molecular flexibility index (Phi) is 11.3. The molecule has 0 amide bonds. The molecule has 0 rings (SSSR count). The average Bonchev–Trinajstić information content (AvgIpc) is 2.39. The van der Waals surface area contributed by atoms with E-state index in [9.17, 15) is 9.59 Å². The van der Waals surface area contributed by atoms with Gasteiger partial charge in [-0.2, -0.15) is 0 Å². The minimum Gasteiger partial charge on any atom is -0.473 e. The van der Waals surface area contributed by atoms with Crippen LogP contribution in [0.4, 0.5) is 0 Å². The fourth-order valence-electron chi connectivity index (χ4n) is 2.05. The highest BCUT2D eigenvalue weighted by Gasteiger charge is 2.18. The zero-order valence-electron chi connectivity index (χ0n) is 12.3. The van der Waals surface area contributed by atoms with Crippen molar-refractivity contribution in [2.45, 2.75) is 84.2 Å². The fourth-order valence-corrected chi connectivity index (χ4v) is 2.05. The summed E-state index contributed by atoms with van der Waals surface area (Å²) in [6.45, 7) is 4.12. The predicted molar refractivity (Wildman–Crippen MR) is 75.0 cm³/mol. The molecular formula is C15H28O4. The van der Waals surface area contributed by atoms with Gasteiger partial charge in [-0.25, -0.2) is 9.59 Å². The Morgan fingerprint density at radius 2 is 1.47 bits per heavy atom. The summed E-state index contributed by atoms with van der Waals surface area (Å²) in [4.78, 5) is 21.3. The molecule has 0 fully saturated rings. The monoisotopic (exact) mass is 272 g/mol. The van der Waals surface area contributed by atoms with Crippen LogP contribution in [0.15, 0.2) is 0 Å². The molecule has 1 unspecified atom stereocenters. The number of carboxylic acid groups (broad SMARTS) is 1. The molecule has 0 aromatic carbocycles. The van der Waals surface area contributed by atoms with Crippen molar-refractivity contribution in [1.29, 1.82) is 0 Å². The third-order valence-corrected chi connectivity index (χ3v) is 3.28. The SMILES string of the molecule is CCCCCCCCCCC(CC)OC(=O)C(=O)O. The van der Waals surface area contributed by atoms with Crippen molar-refractivity contribution in [3.63, 3.8) is 0 Å². The minimum atomic E-state index is -1.51. The second-order valence-electron chi connectivity index (χ2n) is 5.00. The second kappa shape index (κ2) is 12.0. The first-order valence-corrected chi connectivity index (χ1v) is 7.55.